The topological polar surface area (TPSA) is 76.9 Å². The number of aromatic nitrogens is 2. The molecular weight excluding hydrogens is 156 g/mol. The SMILES string of the molecule is CCOc1cc(C)nn1C(=N)N. The second kappa shape index (κ2) is 3.25. The van der Waals surface area contributed by atoms with Gasteiger partial charge in [0.1, 0.15) is 0 Å². The minimum atomic E-state index is -0.133. The van der Waals surface area contributed by atoms with Crippen LogP contribution < -0.4 is 10.5 Å². The fourth-order valence-corrected chi connectivity index (χ4v) is 0.899. The van der Waals surface area contributed by atoms with Crippen molar-refractivity contribution < 1.29 is 4.74 Å². The van der Waals surface area contributed by atoms with Gasteiger partial charge in [0.2, 0.25) is 11.8 Å². The third kappa shape index (κ3) is 1.55. The van der Waals surface area contributed by atoms with Crippen LogP contribution in [0.15, 0.2) is 6.07 Å². The van der Waals surface area contributed by atoms with Gasteiger partial charge in [-0.05, 0) is 13.8 Å². The highest BCUT2D eigenvalue weighted by Gasteiger charge is 2.07. The predicted octanol–water partition coefficient (Wildman–Crippen LogP) is 0.332. The first kappa shape index (κ1) is 8.58. The van der Waals surface area contributed by atoms with Gasteiger partial charge in [-0.25, -0.2) is 0 Å². The zero-order valence-corrected chi connectivity index (χ0v) is 7.16. The molecule has 66 valence electrons. The average Bonchev–Trinajstić information content (AvgIpc) is 2.32. The van der Waals surface area contributed by atoms with Gasteiger partial charge in [0, 0.05) is 6.07 Å². The number of nitrogens with one attached hydrogen (secondary N) is 1. The first-order valence-corrected chi connectivity index (χ1v) is 3.69. The standard InChI is InChI=1S/C7H12N4O/c1-3-12-6-4-5(2)10-11(6)7(8)9/h4H,3H2,1-2H3,(H3,8,9). The summed E-state index contributed by atoms with van der Waals surface area (Å²) in [5.74, 6) is 0.383. The second-order valence-electron chi connectivity index (χ2n) is 2.35. The van der Waals surface area contributed by atoms with E-state index in [1.807, 2.05) is 13.8 Å². The van der Waals surface area contributed by atoms with Gasteiger partial charge < -0.3 is 10.5 Å². The number of aryl methyl sites for hydroxylation is 1. The Bertz CT molecular complexity index is 292. The molecule has 0 spiro atoms. The molecule has 0 saturated heterocycles. The van der Waals surface area contributed by atoms with Crippen LogP contribution in [0.3, 0.4) is 0 Å². The zero-order chi connectivity index (χ0) is 9.14. The molecule has 1 heterocycles. The highest BCUT2D eigenvalue weighted by Crippen LogP contribution is 2.11. The smallest absolute Gasteiger partial charge is 0.219 e. The van der Waals surface area contributed by atoms with E-state index in [9.17, 15) is 0 Å². The Morgan fingerprint density at radius 1 is 1.83 bits per heavy atom. The molecule has 0 bridgehead atoms. The van der Waals surface area contributed by atoms with Gasteiger partial charge >= 0.3 is 0 Å². The van der Waals surface area contributed by atoms with E-state index < -0.39 is 0 Å². The van der Waals surface area contributed by atoms with Crippen molar-refractivity contribution >= 4 is 5.96 Å². The molecule has 0 amide bonds. The molecule has 0 aliphatic rings. The van der Waals surface area contributed by atoms with Crippen molar-refractivity contribution in [2.75, 3.05) is 6.61 Å². The maximum absolute atomic E-state index is 7.17. The number of hydrogen-bond acceptors (Lipinski definition) is 3. The van der Waals surface area contributed by atoms with E-state index in [2.05, 4.69) is 5.10 Å². The van der Waals surface area contributed by atoms with Crippen LogP contribution in [0.5, 0.6) is 5.88 Å². The van der Waals surface area contributed by atoms with Crippen LogP contribution in [0.4, 0.5) is 0 Å². The van der Waals surface area contributed by atoms with Crippen LogP contribution in [0.2, 0.25) is 0 Å². The molecule has 0 atom stereocenters. The van der Waals surface area contributed by atoms with Crippen LogP contribution >= 0.6 is 0 Å². The Morgan fingerprint density at radius 2 is 2.50 bits per heavy atom. The summed E-state index contributed by atoms with van der Waals surface area (Å²) in [6.45, 7) is 4.23. The Hall–Kier alpha value is -1.52. The molecule has 0 aromatic carbocycles. The quantitative estimate of drug-likeness (QED) is 0.493. The van der Waals surface area contributed by atoms with Crippen molar-refractivity contribution in [2.45, 2.75) is 13.8 Å². The van der Waals surface area contributed by atoms with Crippen molar-refractivity contribution in [3.05, 3.63) is 11.8 Å². The third-order valence-electron chi connectivity index (χ3n) is 1.32. The molecule has 0 fully saturated rings. The van der Waals surface area contributed by atoms with Crippen LogP contribution in [0.25, 0.3) is 0 Å². The molecule has 0 unspecified atom stereocenters. The molecule has 1 aromatic heterocycles. The summed E-state index contributed by atoms with van der Waals surface area (Å²) in [5, 5.41) is 11.1. The van der Waals surface area contributed by atoms with E-state index in [0.29, 0.717) is 12.5 Å². The molecule has 0 radical (unpaired) electrons. The zero-order valence-electron chi connectivity index (χ0n) is 7.16. The Kier molecular flexibility index (Phi) is 2.32. The van der Waals surface area contributed by atoms with E-state index in [4.69, 9.17) is 15.9 Å². The molecule has 12 heavy (non-hydrogen) atoms. The largest absolute Gasteiger partial charge is 0.478 e. The molecule has 1 aromatic rings. The molecule has 5 nitrogen and oxygen atoms in total. The van der Waals surface area contributed by atoms with Gasteiger partial charge in [-0.3, -0.25) is 5.41 Å². The van der Waals surface area contributed by atoms with E-state index in [0.717, 1.165) is 5.69 Å². The lowest BCUT2D eigenvalue weighted by atomic mass is 10.5. The number of ether oxygens (including phenoxy) is 1. The summed E-state index contributed by atoms with van der Waals surface area (Å²) in [4.78, 5) is 0. The first-order valence-electron chi connectivity index (χ1n) is 3.69. The molecule has 0 aliphatic heterocycles. The highest BCUT2D eigenvalue weighted by atomic mass is 16.5. The lowest BCUT2D eigenvalue weighted by molar-refractivity contribution is 0.319. The summed E-state index contributed by atoms with van der Waals surface area (Å²) in [6, 6.07) is 1.74. The van der Waals surface area contributed by atoms with Crippen molar-refractivity contribution in [2.24, 2.45) is 5.73 Å². The van der Waals surface area contributed by atoms with E-state index in [1.54, 1.807) is 6.07 Å². The summed E-state index contributed by atoms with van der Waals surface area (Å²) in [5.41, 5.74) is 6.05. The number of nitrogens with zero attached hydrogens (tertiary/aromatic N) is 2. The summed E-state index contributed by atoms with van der Waals surface area (Å²) in [7, 11) is 0. The molecule has 1 rings (SSSR count). The second-order valence-corrected chi connectivity index (χ2v) is 2.35. The van der Waals surface area contributed by atoms with Gasteiger partial charge in [0.25, 0.3) is 0 Å². The molecule has 3 N–H and O–H groups in total. The van der Waals surface area contributed by atoms with Crippen molar-refractivity contribution in [1.29, 1.82) is 5.41 Å². The Morgan fingerprint density at radius 3 is 3.00 bits per heavy atom. The highest BCUT2D eigenvalue weighted by molar-refractivity contribution is 5.77. The van der Waals surface area contributed by atoms with E-state index >= 15 is 0 Å². The normalized spacial score (nSPS) is 9.83. The Labute approximate surface area is 70.6 Å². The van der Waals surface area contributed by atoms with Crippen molar-refractivity contribution in [3.8, 4) is 5.88 Å². The third-order valence-corrected chi connectivity index (χ3v) is 1.32. The van der Waals surface area contributed by atoms with Crippen LogP contribution in [-0.4, -0.2) is 22.3 Å². The maximum atomic E-state index is 7.17. The van der Waals surface area contributed by atoms with E-state index in [1.165, 1.54) is 4.68 Å². The number of hydrogen-bond donors (Lipinski definition) is 2. The van der Waals surface area contributed by atoms with E-state index in [-0.39, 0.29) is 5.96 Å². The number of nitrogens with two attached hydrogens (primary N) is 1. The lowest BCUT2D eigenvalue weighted by Crippen LogP contribution is -2.22. The van der Waals surface area contributed by atoms with Gasteiger partial charge in [0.15, 0.2) is 0 Å². The number of nitrogen functional groups attached to an aromatic ring is 1. The van der Waals surface area contributed by atoms with Crippen molar-refractivity contribution in [3.63, 3.8) is 0 Å². The lowest BCUT2D eigenvalue weighted by Gasteiger charge is -2.03. The van der Waals surface area contributed by atoms with Gasteiger partial charge in [-0.15, -0.1) is 0 Å². The predicted molar refractivity (Wildman–Crippen MR) is 45.4 cm³/mol. The fraction of sp³-hybridized carbons (Fsp3) is 0.429. The van der Waals surface area contributed by atoms with Gasteiger partial charge in [0.05, 0.1) is 12.3 Å². The van der Waals surface area contributed by atoms with Crippen molar-refractivity contribution in [1.82, 2.24) is 9.78 Å². The number of rotatable bonds is 2. The minimum Gasteiger partial charge on any atom is -0.478 e. The summed E-state index contributed by atoms with van der Waals surface area (Å²) in [6.07, 6.45) is 0. The van der Waals surface area contributed by atoms with Gasteiger partial charge in [-0.1, -0.05) is 0 Å². The molecule has 0 aliphatic carbocycles. The first-order chi connectivity index (χ1) is 5.65. The fourth-order valence-electron chi connectivity index (χ4n) is 0.899. The van der Waals surface area contributed by atoms with Crippen LogP contribution in [0, 0.1) is 12.3 Å². The van der Waals surface area contributed by atoms with Crippen LogP contribution in [0.1, 0.15) is 12.6 Å². The minimum absolute atomic E-state index is 0.133. The van der Waals surface area contributed by atoms with Gasteiger partial charge in [-0.2, -0.15) is 9.78 Å². The van der Waals surface area contributed by atoms with Crippen LogP contribution in [-0.2, 0) is 0 Å². The molecule has 0 saturated carbocycles. The Balaban J connectivity index is 2.99. The summed E-state index contributed by atoms with van der Waals surface area (Å²) < 4.78 is 6.46. The maximum Gasteiger partial charge on any atom is 0.219 e. The molecular formula is C7H12N4O. The molecule has 5 heteroatoms. The average molecular weight is 168 g/mol. The summed E-state index contributed by atoms with van der Waals surface area (Å²) >= 11 is 0. The monoisotopic (exact) mass is 168 g/mol.